The summed E-state index contributed by atoms with van der Waals surface area (Å²) in [5.74, 6) is 1.89. The Kier molecular flexibility index (Phi) is 3.56. The Balaban J connectivity index is 2.10. The monoisotopic (exact) mass is 257 g/mol. The first kappa shape index (κ1) is 11.5. The second-order valence-corrected chi connectivity index (χ2v) is 5.17. The van der Waals surface area contributed by atoms with Gasteiger partial charge in [0.05, 0.1) is 17.4 Å². The molecule has 1 atom stereocenters. The molecule has 0 spiro atoms. The maximum absolute atomic E-state index is 11.9. The fraction of sp³-hybridized carbons (Fsp3) is 0.400. The minimum absolute atomic E-state index is 0.172. The Hall–Kier alpha value is -0.940. The lowest BCUT2D eigenvalue weighted by molar-refractivity contribution is 0.0942. The number of nitrogens with zero attached hydrogens (tertiary/aromatic N) is 1. The third kappa shape index (κ3) is 2.59. The van der Waals surface area contributed by atoms with E-state index in [2.05, 4.69) is 10.3 Å². The summed E-state index contributed by atoms with van der Waals surface area (Å²) in [6.45, 7) is 0. The molecule has 1 aromatic rings. The Morgan fingerprint density at radius 1 is 1.69 bits per heavy atom. The summed E-state index contributed by atoms with van der Waals surface area (Å²) in [4.78, 5) is 15.7. The zero-order chi connectivity index (χ0) is 11.5. The third-order valence-corrected chi connectivity index (χ3v) is 3.78. The first-order valence-electron chi connectivity index (χ1n) is 4.96. The van der Waals surface area contributed by atoms with E-state index in [-0.39, 0.29) is 17.1 Å². The molecule has 1 saturated heterocycles. The second-order valence-electron chi connectivity index (χ2n) is 3.63. The molecule has 0 aliphatic carbocycles. The Morgan fingerprint density at radius 2 is 2.50 bits per heavy atom. The van der Waals surface area contributed by atoms with E-state index in [4.69, 9.17) is 17.3 Å². The van der Waals surface area contributed by atoms with Gasteiger partial charge >= 0.3 is 0 Å². The molecular weight excluding hydrogens is 246 g/mol. The van der Waals surface area contributed by atoms with Crippen molar-refractivity contribution in [2.45, 2.75) is 12.5 Å². The van der Waals surface area contributed by atoms with Crippen LogP contribution in [0.5, 0.6) is 0 Å². The summed E-state index contributed by atoms with van der Waals surface area (Å²) in [5.41, 5.74) is 6.43. The minimum atomic E-state index is -0.172. The van der Waals surface area contributed by atoms with Crippen molar-refractivity contribution >= 4 is 35.0 Å². The summed E-state index contributed by atoms with van der Waals surface area (Å²) in [7, 11) is 0. The van der Waals surface area contributed by atoms with E-state index in [1.165, 1.54) is 12.3 Å². The fourth-order valence-electron chi connectivity index (χ4n) is 1.55. The zero-order valence-corrected chi connectivity index (χ0v) is 10.1. The number of halogens is 1. The van der Waals surface area contributed by atoms with Crippen molar-refractivity contribution in [2.75, 3.05) is 17.2 Å². The molecule has 1 fully saturated rings. The first-order chi connectivity index (χ1) is 7.66. The average molecular weight is 258 g/mol. The van der Waals surface area contributed by atoms with Gasteiger partial charge in [0.25, 0.3) is 5.91 Å². The van der Waals surface area contributed by atoms with E-state index in [0.29, 0.717) is 11.3 Å². The fourth-order valence-corrected chi connectivity index (χ4v) is 2.86. The SMILES string of the molecule is Nc1cnc(Cl)cc1C(=O)NC1CCSC1. The lowest BCUT2D eigenvalue weighted by Crippen LogP contribution is -2.35. The van der Waals surface area contributed by atoms with Gasteiger partial charge in [-0.2, -0.15) is 11.8 Å². The Bertz CT molecular complexity index is 407. The summed E-state index contributed by atoms with van der Waals surface area (Å²) in [6.07, 6.45) is 2.41. The molecule has 3 N–H and O–H groups in total. The van der Waals surface area contributed by atoms with Crippen molar-refractivity contribution in [3.63, 3.8) is 0 Å². The summed E-state index contributed by atoms with van der Waals surface area (Å²) < 4.78 is 0. The molecule has 1 aliphatic rings. The van der Waals surface area contributed by atoms with E-state index < -0.39 is 0 Å². The highest BCUT2D eigenvalue weighted by molar-refractivity contribution is 7.99. The van der Waals surface area contributed by atoms with Gasteiger partial charge in [-0.15, -0.1) is 0 Å². The third-order valence-electron chi connectivity index (χ3n) is 2.41. The van der Waals surface area contributed by atoms with Crippen LogP contribution in [0.3, 0.4) is 0 Å². The van der Waals surface area contributed by atoms with Crippen LogP contribution in [-0.4, -0.2) is 28.4 Å². The number of hydrogen-bond donors (Lipinski definition) is 2. The van der Waals surface area contributed by atoms with Crippen LogP contribution >= 0.6 is 23.4 Å². The molecule has 2 rings (SSSR count). The van der Waals surface area contributed by atoms with Gasteiger partial charge < -0.3 is 11.1 Å². The molecular formula is C10H12ClN3OS. The number of hydrogen-bond acceptors (Lipinski definition) is 4. The minimum Gasteiger partial charge on any atom is -0.397 e. The zero-order valence-electron chi connectivity index (χ0n) is 8.57. The van der Waals surface area contributed by atoms with Gasteiger partial charge in [-0.05, 0) is 18.2 Å². The molecule has 1 unspecified atom stereocenters. The van der Waals surface area contributed by atoms with Crippen molar-refractivity contribution in [2.24, 2.45) is 0 Å². The molecule has 0 aromatic carbocycles. The van der Waals surface area contributed by atoms with Crippen molar-refractivity contribution in [1.82, 2.24) is 10.3 Å². The van der Waals surface area contributed by atoms with Crippen molar-refractivity contribution in [1.29, 1.82) is 0 Å². The van der Waals surface area contributed by atoms with E-state index >= 15 is 0 Å². The number of nitrogens with two attached hydrogens (primary N) is 1. The molecule has 0 saturated carbocycles. The molecule has 16 heavy (non-hydrogen) atoms. The van der Waals surface area contributed by atoms with Gasteiger partial charge in [0.2, 0.25) is 0 Å². The number of pyridine rings is 1. The molecule has 4 nitrogen and oxygen atoms in total. The molecule has 0 radical (unpaired) electrons. The lowest BCUT2D eigenvalue weighted by Gasteiger charge is -2.12. The molecule has 86 valence electrons. The topological polar surface area (TPSA) is 68.0 Å². The second kappa shape index (κ2) is 4.93. The quantitative estimate of drug-likeness (QED) is 0.789. The normalized spacial score (nSPS) is 19.7. The van der Waals surface area contributed by atoms with Crippen LogP contribution < -0.4 is 11.1 Å². The smallest absolute Gasteiger partial charge is 0.253 e. The van der Waals surface area contributed by atoms with Gasteiger partial charge in [0, 0.05) is 11.8 Å². The predicted octanol–water partition coefficient (Wildman–Crippen LogP) is 1.55. The van der Waals surface area contributed by atoms with Crippen LogP contribution in [0.4, 0.5) is 5.69 Å². The molecule has 6 heteroatoms. The first-order valence-corrected chi connectivity index (χ1v) is 6.49. The van der Waals surface area contributed by atoms with Gasteiger partial charge in [-0.3, -0.25) is 4.79 Å². The number of carbonyl (C=O) groups is 1. The maximum atomic E-state index is 11.9. The summed E-state index contributed by atoms with van der Waals surface area (Å²) >= 11 is 7.57. The van der Waals surface area contributed by atoms with Crippen molar-refractivity contribution in [3.8, 4) is 0 Å². The highest BCUT2D eigenvalue weighted by Gasteiger charge is 2.19. The van der Waals surface area contributed by atoms with Gasteiger partial charge in [0.1, 0.15) is 5.15 Å². The Labute approximate surface area is 103 Å². The van der Waals surface area contributed by atoms with Crippen LogP contribution in [-0.2, 0) is 0 Å². The molecule has 2 heterocycles. The number of amides is 1. The highest BCUT2D eigenvalue weighted by Crippen LogP contribution is 2.19. The van der Waals surface area contributed by atoms with E-state index in [1.54, 1.807) is 0 Å². The van der Waals surface area contributed by atoms with E-state index in [0.717, 1.165) is 17.9 Å². The average Bonchev–Trinajstić information content (AvgIpc) is 2.74. The van der Waals surface area contributed by atoms with Crippen LogP contribution in [0.25, 0.3) is 0 Å². The number of thioether (sulfide) groups is 1. The number of rotatable bonds is 2. The van der Waals surface area contributed by atoms with Crippen LogP contribution in [0, 0.1) is 0 Å². The number of carbonyl (C=O) groups excluding carboxylic acids is 1. The molecule has 1 aromatic heterocycles. The predicted molar refractivity (Wildman–Crippen MR) is 66.9 cm³/mol. The standard InChI is InChI=1S/C10H12ClN3OS/c11-9-3-7(8(12)4-13-9)10(15)14-6-1-2-16-5-6/h3-4,6H,1-2,5,12H2,(H,14,15). The van der Waals surface area contributed by atoms with E-state index in [9.17, 15) is 4.79 Å². The van der Waals surface area contributed by atoms with Crippen LogP contribution in [0.2, 0.25) is 5.15 Å². The Morgan fingerprint density at radius 3 is 3.19 bits per heavy atom. The molecule has 1 aliphatic heterocycles. The number of anilines is 1. The molecule has 1 amide bonds. The maximum Gasteiger partial charge on any atom is 0.253 e. The van der Waals surface area contributed by atoms with Crippen molar-refractivity contribution < 1.29 is 4.79 Å². The van der Waals surface area contributed by atoms with Gasteiger partial charge in [-0.1, -0.05) is 11.6 Å². The van der Waals surface area contributed by atoms with E-state index in [1.807, 2.05) is 11.8 Å². The van der Waals surface area contributed by atoms with Crippen LogP contribution in [0.1, 0.15) is 16.8 Å². The van der Waals surface area contributed by atoms with Gasteiger partial charge in [-0.25, -0.2) is 4.98 Å². The van der Waals surface area contributed by atoms with Crippen molar-refractivity contribution in [3.05, 3.63) is 23.0 Å². The highest BCUT2D eigenvalue weighted by atomic mass is 35.5. The van der Waals surface area contributed by atoms with Crippen LogP contribution in [0.15, 0.2) is 12.3 Å². The number of aromatic nitrogens is 1. The summed E-state index contributed by atoms with van der Waals surface area (Å²) in [6, 6.07) is 1.73. The largest absolute Gasteiger partial charge is 0.397 e. The lowest BCUT2D eigenvalue weighted by atomic mass is 10.2. The molecule has 0 bridgehead atoms. The summed E-state index contributed by atoms with van der Waals surface area (Å²) in [5, 5.41) is 3.21. The van der Waals surface area contributed by atoms with Gasteiger partial charge in [0.15, 0.2) is 0 Å². The number of nitrogen functional groups attached to an aromatic ring is 1. The number of nitrogens with one attached hydrogen (secondary N) is 1.